The Morgan fingerprint density at radius 3 is 2.32 bits per heavy atom. The number of amides is 1. The highest BCUT2D eigenvalue weighted by Crippen LogP contribution is 2.40. The molecule has 50 heavy (non-hydrogen) atoms. The number of ether oxygens (including phenoxy) is 1. The van der Waals surface area contributed by atoms with Gasteiger partial charge in [0.05, 0.1) is 16.2 Å². The highest BCUT2D eigenvalue weighted by atomic mass is 35.5. The van der Waals surface area contributed by atoms with E-state index in [1.54, 1.807) is 26.2 Å². The van der Waals surface area contributed by atoms with Gasteiger partial charge in [-0.05, 0) is 69.7 Å². The molecule has 2 fully saturated rings. The summed E-state index contributed by atoms with van der Waals surface area (Å²) in [6.07, 6.45) is 9.48. The molecule has 2 aliphatic rings. The van der Waals surface area contributed by atoms with Gasteiger partial charge in [-0.15, -0.1) is 0 Å². The number of anilines is 1. The maximum Gasteiger partial charge on any atom is 0.293 e. The van der Waals surface area contributed by atoms with Crippen LogP contribution in [0.5, 0.6) is 5.75 Å². The number of piperidine rings is 1. The van der Waals surface area contributed by atoms with E-state index in [1.165, 1.54) is 18.0 Å². The predicted octanol–water partition coefficient (Wildman–Crippen LogP) is 9.33. The molecule has 1 aliphatic carbocycles. The van der Waals surface area contributed by atoms with E-state index < -0.39 is 11.6 Å². The smallest absolute Gasteiger partial charge is 0.293 e. The van der Waals surface area contributed by atoms with Crippen LogP contribution in [0, 0.1) is 5.92 Å². The van der Waals surface area contributed by atoms with Crippen molar-refractivity contribution >= 4 is 39.9 Å². The normalized spacial score (nSPS) is 18.8. The number of nitrogens with one attached hydrogen (secondary N) is 2. The number of rotatable bonds is 10. The molecule has 0 radical (unpaired) electrons. The van der Waals surface area contributed by atoms with E-state index in [0.717, 1.165) is 48.1 Å². The predicted molar refractivity (Wildman–Crippen MR) is 201 cm³/mol. The summed E-state index contributed by atoms with van der Waals surface area (Å²) in [6, 6.07) is 7.23. The Bertz CT molecular complexity index is 1540. The van der Waals surface area contributed by atoms with Crippen molar-refractivity contribution in [2.24, 2.45) is 18.0 Å². The number of likely N-dealkylation sites (tertiary alicyclic amines) is 1. The molecule has 280 valence electrons. The third kappa shape index (κ3) is 13.7. The molecule has 0 spiro atoms. The summed E-state index contributed by atoms with van der Waals surface area (Å²) < 4.78 is 45.9. The number of hydrogen-bond donors (Lipinski definition) is 2. The molecule has 8 nitrogen and oxygen atoms in total. The van der Waals surface area contributed by atoms with Gasteiger partial charge in [0.25, 0.3) is 11.5 Å². The van der Waals surface area contributed by atoms with Gasteiger partial charge < -0.3 is 24.8 Å². The first-order valence-electron chi connectivity index (χ1n) is 17.8. The number of benzene rings is 1. The van der Waals surface area contributed by atoms with Gasteiger partial charge in [0.1, 0.15) is 11.5 Å². The van der Waals surface area contributed by atoms with Gasteiger partial charge in [-0.2, -0.15) is 0 Å². The molecule has 2 N–H and O–H groups in total. The van der Waals surface area contributed by atoms with Crippen molar-refractivity contribution in [3.63, 3.8) is 0 Å². The van der Waals surface area contributed by atoms with Gasteiger partial charge >= 0.3 is 0 Å². The molecule has 1 saturated heterocycles. The summed E-state index contributed by atoms with van der Waals surface area (Å²) in [5.41, 5.74) is 0.754. The van der Waals surface area contributed by atoms with Crippen molar-refractivity contribution < 1.29 is 22.7 Å². The summed E-state index contributed by atoms with van der Waals surface area (Å²) in [4.78, 5) is 30.8. The topological polar surface area (TPSA) is 88.0 Å². The van der Waals surface area contributed by atoms with Gasteiger partial charge in [-0.25, -0.2) is 18.2 Å². The lowest BCUT2D eigenvalue weighted by atomic mass is 9.96. The van der Waals surface area contributed by atoms with Crippen LogP contribution in [0.3, 0.4) is 0 Å². The van der Waals surface area contributed by atoms with Crippen LogP contribution in [0.15, 0.2) is 57.1 Å². The van der Waals surface area contributed by atoms with E-state index in [9.17, 15) is 22.8 Å². The zero-order chi connectivity index (χ0) is 37.5. The molecule has 0 bridgehead atoms. The molecule has 1 amide bonds. The first kappa shape index (κ1) is 42.7. The first-order valence-corrected chi connectivity index (χ1v) is 18.1. The summed E-state index contributed by atoms with van der Waals surface area (Å²) in [5.74, 6) is -1.48. The number of amidine groups is 1. The van der Waals surface area contributed by atoms with Crippen LogP contribution in [0.4, 0.5) is 18.9 Å². The highest BCUT2D eigenvalue weighted by Gasteiger charge is 2.38. The summed E-state index contributed by atoms with van der Waals surface area (Å²) in [5, 5.41) is 7.05. The Hall–Kier alpha value is -3.47. The van der Waals surface area contributed by atoms with Crippen molar-refractivity contribution in [3.05, 3.63) is 57.6 Å². The van der Waals surface area contributed by atoms with E-state index in [4.69, 9.17) is 16.3 Å². The van der Waals surface area contributed by atoms with Gasteiger partial charge in [-0.3, -0.25) is 9.59 Å². The van der Waals surface area contributed by atoms with Crippen LogP contribution < -0.4 is 20.9 Å². The van der Waals surface area contributed by atoms with E-state index in [2.05, 4.69) is 41.3 Å². The fraction of sp³-hybridized carbons (Fsp3) is 0.605. The Balaban J connectivity index is 0.000000611. The maximum absolute atomic E-state index is 14.1. The first-order chi connectivity index (χ1) is 23.6. The number of unbranched alkanes of at least 4 members (excludes halogenated alkanes) is 1. The van der Waals surface area contributed by atoms with Crippen LogP contribution in [0.1, 0.15) is 99.3 Å². The SMILES string of the molecule is CCC.CCC/C=C(Nc1ccc2c(c1)cc(OCC(=O)NC)c(=O)n2C)/C(Cl)=C\N=C(C)N1CCC(C)(F)CC1.CCC1CCC(F)(F)C1. The highest BCUT2D eigenvalue weighted by molar-refractivity contribution is 6.32. The van der Waals surface area contributed by atoms with Gasteiger partial charge in [0.2, 0.25) is 5.92 Å². The zero-order valence-corrected chi connectivity index (χ0v) is 31.9. The number of allylic oxidation sites excluding steroid dienone is 2. The lowest BCUT2D eigenvalue weighted by molar-refractivity contribution is -0.122. The number of hydrogen-bond acceptors (Lipinski definition) is 5. The molecule has 1 aromatic heterocycles. The summed E-state index contributed by atoms with van der Waals surface area (Å²) in [7, 11) is 3.17. The second-order valence-electron chi connectivity index (χ2n) is 13.3. The standard InChI is InChI=1S/C28H37ClFN5O3.C7H12F2.C3H8/c1-6-7-8-23(22(29)17-32-19(2)35-13-11-28(3,30)12-14-35)33-21-9-10-24-20(15-21)16-25(27(37)34(24)5)38-18-26(36)31-4;1-2-6-3-4-7(8,9)5-6;1-3-2/h8-10,15-17,33H,6-7,11-14,18H2,1-5H3,(H,31,36);6H,2-5H2,1H3;3H2,1-2H3/b22-17+,23-8-,32-19?;;. The number of carbonyl (C=O) groups excluding carboxylic acids is 1. The molecule has 2 aromatic rings. The minimum atomic E-state index is -2.33. The van der Waals surface area contributed by atoms with Gasteiger partial charge in [0.15, 0.2) is 12.4 Å². The largest absolute Gasteiger partial charge is 0.478 e. The number of aryl methyl sites for hydroxylation is 1. The summed E-state index contributed by atoms with van der Waals surface area (Å²) in [6.45, 7) is 12.9. The van der Waals surface area contributed by atoms with E-state index in [0.29, 0.717) is 42.6 Å². The number of aliphatic imine (C=N–C) groups is 1. The minimum absolute atomic E-state index is 0.0935. The number of pyridine rings is 1. The molecule has 1 saturated carbocycles. The molecular weight excluding hydrogens is 667 g/mol. The van der Waals surface area contributed by atoms with Crippen molar-refractivity contribution in [2.45, 2.75) is 111 Å². The van der Waals surface area contributed by atoms with E-state index in [-0.39, 0.29) is 36.7 Å². The van der Waals surface area contributed by atoms with Crippen molar-refractivity contribution in [1.82, 2.24) is 14.8 Å². The average molecular weight is 724 g/mol. The number of aromatic nitrogens is 1. The Labute approximate surface area is 301 Å². The third-order valence-electron chi connectivity index (χ3n) is 8.71. The van der Waals surface area contributed by atoms with E-state index >= 15 is 0 Å². The van der Waals surface area contributed by atoms with Crippen molar-refractivity contribution in [1.29, 1.82) is 0 Å². The van der Waals surface area contributed by atoms with Gasteiger partial charge in [0, 0.05) is 57.3 Å². The van der Waals surface area contributed by atoms with Crippen LogP contribution in [0.2, 0.25) is 0 Å². The lowest BCUT2D eigenvalue weighted by Gasteiger charge is -2.35. The molecule has 4 rings (SSSR count). The second kappa shape index (κ2) is 20.4. The van der Waals surface area contributed by atoms with Crippen LogP contribution >= 0.6 is 11.6 Å². The lowest BCUT2D eigenvalue weighted by Crippen LogP contribution is -2.42. The number of carbonyl (C=O) groups is 1. The monoisotopic (exact) mass is 723 g/mol. The third-order valence-corrected chi connectivity index (χ3v) is 9.01. The molecular formula is C38H57ClF3N5O3. The van der Waals surface area contributed by atoms with Gasteiger partial charge in [-0.1, -0.05) is 64.6 Å². The van der Waals surface area contributed by atoms with Crippen LogP contribution in [0.25, 0.3) is 10.9 Å². The minimum Gasteiger partial charge on any atom is -0.478 e. The van der Waals surface area contributed by atoms with E-state index in [1.807, 2.05) is 38.1 Å². The maximum atomic E-state index is 14.1. The number of alkyl halides is 3. The Morgan fingerprint density at radius 1 is 1.12 bits per heavy atom. The summed E-state index contributed by atoms with van der Waals surface area (Å²) >= 11 is 6.68. The van der Waals surface area contributed by atoms with Crippen molar-refractivity contribution in [3.8, 4) is 5.75 Å². The molecule has 1 unspecified atom stereocenters. The number of nitrogens with zero attached hydrogens (tertiary/aromatic N) is 3. The Kier molecular flexibility index (Phi) is 17.4. The molecule has 1 aromatic carbocycles. The Morgan fingerprint density at radius 2 is 1.78 bits per heavy atom. The molecule has 2 heterocycles. The van der Waals surface area contributed by atoms with Crippen LogP contribution in [-0.4, -0.2) is 59.5 Å². The quantitative estimate of drug-likeness (QED) is 0.145. The van der Waals surface area contributed by atoms with Crippen LogP contribution in [-0.2, 0) is 11.8 Å². The zero-order valence-electron chi connectivity index (χ0n) is 31.1. The fourth-order valence-electron chi connectivity index (χ4n) is 5.49. The number of fused-ring (bicyclic) bond motifs is 1. The molecule has 12 heteroatoms. The van der Waals surface area contributed by atoms with Crippen molar-refractivity contribution in [2.75, 3.05) is 32.1 Å². The molecule has 1 atom stereocenters. The fourth-order valence-corrected chi connectivity index (χ4v) is 5.66. The molecule has 1 aliphatic heterocycles. The average Bonchev–Trinajstić information content (AvgIpc) is 3.45. The second-order valence-corrected chi connectivity index (χ2v) is 13.7. The number of likely N-dealkylation sites (N-methyl/N-ethyl adjacent to an activating group) is 1. The number of halogens is 4.